The molecule has 3 nitrogen and oxygen atoms in total. The Kier molecular flexibility index (Phi) is 3.99. The van der Waals surface area contributed by atoms with Gasteiger partial charge in [-0.15, -0.1) is 0 Å². The fourth-order valence-electron chi connectivity index (χ4n) is 3.52. The fourth-order valence-corrected chi connectivity index (χ4v) is 3.52. The van der Waals surface area contributed by atoms with Gasteiger partial charge in [-0.3, -0.25) is 4.90 Å². The van der Waals surface area contributed by atoms with Crippen LogP contribution in [-0.4, -0.2) is 56.6 Å². The maximum atomic E-state index is 2.58. The molecule has 3 heteroatoms. The molecule has 0 bridgehead atoms. The number of anilines is 1. The second-order valence-electron chi connectivity index (χ2n) is 6.46. The van der Waals surface area contributed by atoms with Crippen molar-refractivity contribution in [2.24, 2.45) is 0 Å². The van der Waals surface area contributed by atoms with Gasteiger partial charge in [0.25, 0.3) is 0 Å². The Morgan fingerprint density at radius 1 is 1.10 bits per heavy atom. The molecule has 110 valence electrons. The molecule has 2 aliphatic heterocycles. The Morgan fingerprint density at radius 3 is 2.55 bits per heavy atom. The fraction of sp³-hybridized carbons (Fsp3) is 0.647. The number of nitrogens with zero attached hydrogens (tertiary/aromatic N) is 3. The van der Waals surface area contributed by atoms with Gasteiger partial charge in [-0.1, -0.05) is 19.1 Å². The van der Waals surface area contributed by atoms with Crippen molar-refractivity contribution < 1.29 is 0 Å². The third-order valence-corrected chi connectivity index (χ3v) is 4.93. The predicted molar refractivity (Wildman–Crippen MR) is 85.5 cm³/mol. The highest BCUT2D eigenvalue weighted by atomic mass is 15.2. The maximum Gasteiger partial charge on any atom is 0.0400 e. The lowest BCUT2D eigenvalue weighted by Gasteiger charge is -2.32. The van der Waals surface area contributed by atoms with Crippen molar-refractivity contribution in [3.63, 3.8) is 0 Å². The molecule has 0 amide bonds. The van der Waals surface area contributed by atoms with Crippen LogP contribution >= 0.6 is 0 Å². The molecule has 0 aromatic heterocycles. The molecule has 3 rings (SSSR count). The van der Waals surface area contributed by atoms with E-state index in [9.17, 15) is 0 Å². The number of hydrogen-bond donors (Lipinski definition) is 0. The summed E-state index contributed by atoms with van der Waals surface area (Å²) in [7, 11) is 4.43. The summed E-state index contributed by atoms with van der Waals surface area (Å²) in [6.45, 7) is 9.40. The van der Waals surface area contributed by atoms with Gasteiger partial charge in [0.15, 0.2) is 0 Å². The second kappa shape index (κ2) is 5.74. The number of likely N-dealkylation sites (N-methyl/N-ethyl adjacent to an activating group) is 2. The summed E-state index contributed by atoms with van der Waals surface area (Å²) in [4.78, 5) is 7.41. The highest BCUT2D eigenvalue weighted by Crippen LogP contribution is 2.37. The van der Waals surface area contributed by atoms with E-state index >= 15 is 0 Å². The minimum atomic E-state index is 0.724. The summed E-state index contributed by atoms with van der Waals surface area (Å²) in [6.07, 6.45) is 1.25. The van der Waals surface area contributed by atoms with Crippen LogP contribution in [0.4, 0.5) is 5.69 Å². The lowest BCUT2D eigenvalue weighted by molar-refractivity contribution is 0.148. The summed E-state index contributed by atoms with van der Waals surface area (Å²) in [5.41, 5.74) is 4.50. The van der Waals surface area contributed by atoms with Crippen LogP contribution in [0.3, 0.4) is 0 Å². The zero-order valence-electron chi connectivity index (χ0n) is 13.1. The van der Waals surface area contributed by atoms with Crippen LogP contribution in [0.2, 0.25) is 0 Å². The molecule has 1 aromatic rings. The Hall–Kier alpha value is -1.06. The van der Waals surface area contributed by atoms with Crippen LogP contribution in [0.1, 0.15) is 30.4 Å². The molecule has 0 aliphatic carbocycles. The second-order valence-corrected chi connectivity index (χ2v) is 6.46. The number of hydrogen-bond acceptors (Lipinski definition) is 3. The van der Waals surface area contributed by atoms with E-state index in [1.807, 2.05) is 0 Å². The number of piperazine rings is 1. The molecule has 1 atom stereocenters. The zero-order valence-corrected chi connectivity index (χ0v) is 13.1. The Morgan fingerprint density at radius 2 is 1.85 bits per heavy atom. The van der Waals surface area contributed by atoms with Gasteiger partial charge in [-0.2, -0.15) is 0 Å². The molecule has 1 unspecified atom stereocenters. The van der Waals surface area contributed by atoms with Gasteiger partial charge in [0.1, 0.15) is 0 Å². The summed E-state index contributed by atoms with van der Waals surface area (Å²) in [6, 6.07) is 7.12. The van der Waals surface area contributed by atoms with E-state index in [-0.39, 0.29) is 0 Å². The van der Waals surface area contributed by atoms with Gasteiger partial charge in [-0.25, -0.2) is 0 Å². The molecule has 2 heterocycles. The molecular weight excluding hydrogens is 246 g/mol. The van der Waals surface area contributed by atoms with E-state index in [1.165, 1.54) is 50.4 Å². The monoisotopic (exact) mass is 273 g/mol. The normalized spacial score (nSPS) is 24.1. The highest BCUT2D eigenvalue weighted by molar-refractivity contribution is 5.60. The van der Waals surface area contributed by atoms with Crippen LogP contribution < -0.4 is 4.90 Å². The molecule has 0 radical (unpaired) electrons. The number of benzene rings is 1. The molecular formula is C17H27N3. The summed E-state index contributed by atoms with van der Waals surface area (Å²) >= 11 is 0. The first-order valence-electron chi connectivity index (χ1n) is 7.92. The maximum absolute atomic E-state index is 2.58. The molecule has 0 N–H and O–H groups in total. The van der Waals surface area contributed by atoms with Crippen LogP contribution in [0, 0.1) is 0 Å². The van der Waals surface area contributed by atoms with E-state index in [4.69, 9.17) is 0 Å². The van der Waals surface area contributed by atoms with E-state index < -0.39 is 0 Å². The highest BCUT2D eigenvalue weighted by Gasteiger charge is 2.25. The summed E-state index contributed by atoms with van der Waals surface area (Å²) < 4.78 is 0. The molecule has 0 saturated carbocycles. The first-order valence-corrected chi connectivity index (χ1v) is 7.92. The molecule has 1 saturated heterocycles. The minimum Gasteiger partial charge on any atom is -0.374 e. The smallest absolute Gasteiger partial charge is 0.0400 e. The topological polar surface area (TPSA) is 9.72 Å². The summed E-state index contributed by atoms with van der Waals surface area (Å²) in [5, 5.41) is 0. The van der Waals surface area contributed by atoms with Crippen molar-refractivity contribution in [1.29, 1.82) is 0 Å². The van der Waals surface area contributed by atoms with Gasteiger partial charge in [0, 0.05) is 57.9 Å². The van der Waals surface area contributed by atoms with E-state index in [1.54, 1.807) is 5.56 Å². The lowest BCUT2D eigenvalue weighted by Crippen LogP contribution is -2.43. The lowest BCUT2D eigenvalue weighted by atomic mass is 9.97. The first-order chi connectivity index (χ1) is 9.67. The molecule has 1 aromatic carbocycles. The average molecular weight is 273 g/mol. The van der Waals surface area contributed by atoms with Crippen molar-refractivity contribution in [2.75, 3.05) is 51.7 Å². The minimum absolute atomic E-state index is 0.724. The van der Waals surface area contributed by atoms with Crippen LogP contribution in [0.5, 0.6) is 0 Å². The summed E-state index contributed by atoms with van der Waals surface area (Å²) in [5.74, 6) is 0.724. The van der Waals surface area contributed by atoms with Crippen LogP contribution in [0.15, 0.2) is 18.2 Å². The Balaban J connectivity index is 1.72. The van der Waals surface area contributed by atoms with Crippen molar-refractivity contribution in [1.82, 2.24) is 9.80 Å². The van der Waals surface area contributed by atoms with Crippen LogP contribution in [-0.2, 0) is 6.54 Å². The molecule has 2 aliphatic rings. The van der Waals surface area contributed by atoms with E-state index in [2.05, 4.69) is 53.9 Å². The van der Waals surface area contributed by atoms with Crippen molar-refractivity contribution in [3.05, 3.63) is 29.3 Å². The van der Waals surface area contributed by atoms with Crippen LogP contribution in [0.25, 0.3) is 0 Å². The van der Waals surface area contributed by atoms with Crippen molar-refractivity contribution in [3.8, 4) is 0 Å². The van der Waals surface area contributed by atoms with E-state index in [0.717, 1.165) is 12.5 Å². The Labute approximate surface area is 123 Å². The van der Waals surface area contributed by atoms with Crippen molar-refractivity contribution in [2.45, 2.75) is 25.8 Å². The Bertz CT molecular complexity index is 463. The standard InChI is InChI=1S/C17H27N3/c1-4-15-13-19(3)17-6-5-14(11-16(15)17)12-20-9-7-18(2)8-10-20/h5-6,11,15H,4,7-10,12-13H2,1-3H3. The van der Waals surface area contributed by atoms with Gasteiger partial charge in [0.05, 0.1) is 0 Å². The van der Waals surface area contributed by atoms with Gasteiger partial charge in [-0.05, 0) is 30.7 Å². The SMILES string of the molecule is CCC1CN(C)c2ccc(CN3CCN(C)CC3)cc21. The van der Waals surface area contributed by atoms with Crippen molar-refractivity contribution >= 4 is 5.69 Å². The number of fused-ring (bicyclic) bond motifs is 1. The average Bonchev–Trinajstić information content (AvgIpc) is 2.78. The molecule has 0 spiro atoms. The van der Waals surface area contributed by atoms with Gasteiger partial charge >= 0.3 is 0 Å². The molecule has 1 fully saturated rings. The quantitative estimate of drug-likeness (QED) is 0.837. The van der Waals surface area contributed by atoms with Gasteiger partial charge in [0.2, 0.25) is 0 Å². The third-order valence-electron chi connectivity index (χ3n) is 4.93. The zero-order chi connectivity index (χ0) is 14.1. The number of rotatable bonds is 3. The predicted octanol–water partition coefficient (Wildman–Crippen LogP) is 2.38. The molecule has 20 heavy (non-hydrogen) atoms. The van der Waals surface area contributed by atoms with E-state index in [0.29, 0.717) is 0 Å². The van der Waals surface area contributed by atoms with Gasteiger partial charge < -0.3 is 9.80 Å². The first kappa shape index (κ1) is 13.9. The third kappa shape index (κ3) is 2.70. The largest absolute Gasteiger partial charge is 0.374 e.